The maximum atomic E-state index is 12.5. The first kappa shape index (κ1) is 24.3. The van der Waals surface area contributed by atoms with E-state index in [1.54, 1.807) is 13.2 Å². The lowest BCUT2D eigenvalue weighted by Crippen LogP contribution is -2.30. The van der Waals surface area contributed by atoms with E-state index in [-0.39, 0.29) is 24.8 Å². The molecule has 0 saturated heterocycles. The van der Waals surface area contributed by atoms with Gasteiger partial charge in [-0.1, -0.05) is 12.1 Å². The van der Waals surface area contributed by atoms with E-state index < -0.39 is 5.63 Å². The smallest absolute Gasteiger partial charge is 0.339 e. The van der Waals surface area contributed by atoms with Gasteiger partial charge < -0.3 is 24.5 Å². The minimum atomic E-state index is -0.427. The van der Waals surface area contributed by atoms with Crippen LogP contribution in [0.5, 0.6) is 11.5 Å². The first-order valence-electron chi connectivity index (χ1n) is 11.8. The number of rotatable bonds is 11. The molecule has 1 heterocycles. The number of aryl methyl sites for hydroxylation is 1. The Labute approximate surface area is 203 Å². The first-order chi connectivity index (χ1) is 16.9. The number of fused-ring (bicyclic) bond motifs is 1. The van der Waals surface area contributed by atoms with Gasteiger partial charge in [-0.2, -0.15) is 0 Å². The lowest BCUT2D eigenvalue weighted by molar-refractivity contribution is -0.123. The summed E-state index contributed by atoms with van der Waals surface area (Å²) in [7, 11) is 1.56. The summed E-state index contributed by atoms with van der Waals surface area (Å²) in [5.41, 5.74) is 2.42. The van der Waals surface area contributed by atoms with Crippen molar-refractivity contribution in [1.29, 1.82) is 0 Å². The van der Waals surface area contributed by atoms with Crippen molar-refractivity contribution in [2.45, 2.75) is 45.1 Å². The van der Waals surface area contributed by atoms with E-state index in [4.69, 9.17) is 13.9 Å². The van der Waals surface area contributed by atoms with Gasteiger partial charge in [-0.25, -0.2) is 4.79 Å². The van der Waals surface area contributed by atoms with Gasteiger partial charge in [-0.3, -0.25) is 9.59 Å². The molecule has 8 nitrogen and oxygen atoms in total. The quantitative estimate of drug-likeness (QED) is 0.410. The minimum Gasteiger partial charge on any atom is -0.497 e. The van der Waals surface area contributed by atoms with Crippen molar-refractivity contribution in [3.63, 3.8) is 0 Å². The number of carbonyl (C=O) groups excluding carboxylic acids is 2. The Hall–Kier alpha value is -3.81. The Morgan fingerprint density at radius 2 is 1.77 bits per heavy atom. The van der Waals surface area contributed by atoms with Crippen LogP contribution in [0, 0.1) is 6.92 Å². The molecule has 1 aliphatic carbocycles. The molecule has 0 aliphatic heterocycles. The summed E-state index contributed by atoms with van der Waals surface area (Å²) in [5.74, 6) is 1.02. The predicted octanol–water partition coefficient (Wildman–Crippen LogP) is 3.06. The van der Waals surface area contributed by atoms with Gasteiger partial charge in [0.15, 0.2) is 6.61 Å². The highest BCUT2D eigenvalue weighted by atomic mass is 16.5. The largest absolute Gasteiger partial charge is 0.497 e. The van der Waals surface area contributed by atoms with Crippen molar-refractivity contribution in [2.75, 3.05) is 20.3 Å². The fraction of sp³-hybridized carbons (Fsp3) is 0.370. The Kier molecular flexibility index (Phi) is 7.70. The normalized spacial score (nSPS) is 12.9. The molecule has 2 N–H and O–H groups in total. The second-order valence-electron chi connectivity index (χ2n) is 8.73. The average Bonchev–Trinajstić information content (AvgIpc) is 3.67. The number of carbonyl (C=O) groups is 2. The number of hydrogen-bond donors (Lipinski definition) is 2. The third-order valence-electron chi connectivity index (χ3n) is 6.07. The van der Waals surface area contributed by atoms with Crippen LogP contribution in [0.15, 0.2) is 51.7 Å². The van der Waals surface area contributed by atoms with Gasteiger partial charge in [0.2, 0.25) is 5.91 Å². The van der Waals surface area contributed by atoms with Crippen LogP contribution in [0.2, 0.25) is 0 Å². The van der Waals surface area contributed by atoms with Gasteiger partial charge in [-0.05, 0) is 68.0 Å². The third kappa shape index (κ3) is 6.62. The fourth-order valence-electron chi connectivity index (χ4n) is 3.86. The summed E-state index contributed by atoms with van der Waals surface area (Å²) in [6.45, 7) is 2.36. The standard InChI is InChI=1S/C27H30N2O6/c1-17-22-10-9-21(33-2)15-24(22)35-27(32)23(17)11-12-25(30)28-14-13-18-3-7-20(8-4-18)34-16-26(31)29-19-5-6-19/h3-4,7-10,15,19H,5-6,11-14,16H2,1-2H3,(H,28,30)(H,29,31). The van der Waals surface area contributed by atoms with E-state index in [1.165, 1.54) is 0 Å². The van der Waals surface area contributed by atoms with Crippen molar-refractivity contribution >= 4 is 22.8 Å². The summed E-state index contributed by atoms with van der Waals surface area (Å²) in [6.07, 6.45) is 3.26. The molecule has 1 fully saturated rings. The zero-order valence-corrected chi connectivity index (χ0v) is 20.0. The number of nitrogens with one attached hydrogen (secondary N) is 2. The second-order valence-corrected chi connectivity index (χ2v) is 8.73. The summed E-state index contributed by atoms with van der Waals surface area (Å²) < 4.78 is 16.1. The molecule has 2 amide bonds. The van der Waals surface area contributed by atoms with Gasteiger partial charge in [-0.15, -0.1) is 0 Å². The number of amides is 2. The van der Waals surface area contributed by atoms with Crippen molar-refractivity contribution in [2.24, 2.45) is 0 Å². The van der Waals surface area contributed by atoms with Crippen LogP contribution in [0.1, 0.15) is 36.0 Å². The van der Waals surface area contributed by atoms with Crippen LogP contribution >= 0.6 is 0 Å². The van der Waals surface area contributed by atoms with Crippen molar-refractivity contribution < 1.29 is 23.5 Å². The highest BCUT2D eigenvalue weighted by molar-refractivity contribution is 5.83. The predicted molar refractivity (Wildman–Crippen MR) is 132 cm³/mol. The van der Waals surface area contributed by atoms with Crippen LogP contribution in [0.3, 0.4) is 0 Å². The van der Waals surface area contributed by atoms with Crippen LogP contribution < -0.4 is 25.7 Å². The molecular weight excluding hydrogens is 448 g/mol. The van der Waals surface area contributed by atoms with Crippen molar-refractivity contribution in [3.05, 3.63) is 69.6 Å². The lowest BCUT2D eigenvalue weighted by atomic mass is 10.0. The fourth-order valence-corrected chi connectivity index (χ4v) is 3.86. The van der Waals surface area contributed by atoms with E-state index in [0.717, 1.165) is 29.4 Å². The summed E-state index contributed by atoms with van der Waals surface area (Å²) in [5, 5.41) is 6.61. The zero-order valence-electron chi connectivity index (χ0n) is 20.0. The molecule has 1 saturated carbocycles. The molecule has 0 atom stereocenters. The molecule has 0 radical (unpaired) electrons. The van der Waals surface area contributed by atoms with Gasteiger partial charge >= 0.3 is 5.63 Å². The van der Waals surface area contributed by atoms with Gasteiger partial charge in [0.1, 0.15) is 17.1 Å². The molecule has 8 heteroatoms. The van der Waals surface area contributed by atoms with Crippen LogP contribution in [-0.2, 0) is 22.4 Å². The molecule has 35 heavy (non-hydrogen) atoms. The number of benzene rings is 2. The van der Waals surface area contributed by atoms with Gasteiger partial charge in [0.05, 0.1) is 7.11 Å². The Bertz CT molecular complexity index is 1260. The summed E-state index contributed by atoms with van der Waals surface area (Å²) >= 11 is 0. The van der Waals surface area contributed by atoms with Crippen LogP contribution in [0.25, 0.3) is 11.0 Å². The molecule has 2 aromatic carbocycles. The van der Waals surface area contributed by atoms with Gasteiger partial charge in [0, 0.05) is 36.0 Å². The molecule has 3 aromatic rings. The first-order valence-corrected chi connectivity index (χ1v) is 11.8. The van der Waals surface area contributed by atoms with E-state index in [2.05, 4.69) is 10.6 Å². The highest BCUT2D eigenvalue weighted by Crippen LogP contribution is 2.24. The van der Waals surface area contributed by atoms with E-state index in [1.807, 2.05) is 43.3 Å². The Balaban J connectivity index is 1.22. The van der Waals surface area contributed by atoms with E-state index >= 15 is 0 Å². The maximum absolute atomic E-state index is 12.5. The van der Waals surface area contributed by atoms with Crippen LogP contribution in [0.4, 0.5) is 0 Å². The average molecular weight is 479 g/mol. The SMILES string of the molecule is COc1ccc2c(C)c(CCC(=O)NCCc3ccc(OCC(=O)NC4CC4)cc3)c(=O)oc2c1. The topological polar surface area (TPSA) is 107 Å². The Morgan fingerprint density at radius 3 is 2.49 bits per heavy atom. The Morgan fingerprint density at radius 1 is 1.03 bits per heavy atom. The zero-order chi connectivity index (χ0) is 24.8. The third-order valence-corrected chi connectivity index (χ3v) is 6.07. The number of methoxy groups -OCH3 is 1. The van der Waals surface area contributed by atoms with Gasteiger partial charge in [0.25, 0.3) is 5.91 Å². The van der Waals surface area contributed by atoms with Crippen molar-refractivity contribution in [3.8, 4) is 11.5 Å². The lowest BCUT2D eigenvalue weighted by Gasteiger charge is -2.10. The molecular formula is C27H30N2O6. The molecule has 4 rings (SSSR count). The van der Waals surface area contributed by atoms with Crippen LogP contribution in [-0.4, -0.2) is 38.1 Å². The molecule has 0 unspecified atom stereocenters. The number of hydrogen-bond acceptors (Lipinski definition) is 6. The molecule has 1 aliphatic rings. The second kappa shape index (κ2) is 11.1. The maximum Gasteiger partial charge on any atom is 0.339 e. The molecule has 184 valence electrons. The minimum absolute atomic E-state index is 0.00906. The van der Waals surface area contributed by atoms with E-state index in [0.29, 0.717) is 48.1 Å². The molecule has 0 bridgehead atoms. The van der Waals surface area contributed by atoms with Crippen molar-refractivity contribution in [1.82, 2.24) is 10.6 Å². The summed E-state index contributed by atoms with van der Waals surface area (Å²) in [6, 6.07) is 13.1. The summed E-state index contributed by atoms with van der Waals surface area (Å²) in [4.78, 5) is 36.5. The molecule has 1 aromatic heterocycles. The monoisotopic (exact) mass is 478 g/mol. The highest BCUT2D eigenvalue weighted by Gasteiger charge is 2.23. The number of ether oxygens (including phenoxy) is 2. The molecule has 0 spiro atoms. The van der Waals surface area contributed by atoms with E-state index in [9.17, 15) is 14.4 Å².